The van der Waals surface area contributed by atoms with Crippen LogP contribution in [0.5, 0.6) is 11.5 Å². The van der Waals surface area contributed by atoms with E-state index in [9.17, 15) is 5.11 Å². The van der Waals surface area contributed by atoms with Crippen molar-refractivity contribution in [3.63, 3.8) is 0 Å². The minimum atomic E-state index is -0.250. The molecule has 5 heteroatoms. The minimum absolute atomic E-state index is 0.192. The molecule has 1 atom stereocenters. The lowest BCUT2D eigenvalue weighted by Crippen LogP contribution is -2.13. The molecule has 1 N–H and O–H groups in total. The molecule has 2 rings (SSSR count). The molecule has 180 valence electrons. The van der Waals surface area contributed by atoms with Crippen molar-refractivity contribution in [2.75, 3.05) is 26.8 Å². The number of hydrogen-bond acceptors (Lipinski definition) is 5. The number of allylic oxidation sites excluding steroid dienone is 1. The van der Waals surface area contributed by atoms with Gasteiger partial charge in [-0.2, -0.15) is 0 Å². The maximum Gasteiger partial charge on any atom is 0.189 e. The third-order valence-corrected chi connectivity index (χ3v) is 5.02. The summed E-state index contributed by atoms with van der Waals surface area (Å²) in [5.74, 6) is 1.65. The molecule has 0 aromatic heterocycles. The Morgan fingerprint density at radius 1 is 0.788 bits per heavy atom. The molecule has 0 spiro atoms. The van der Waals surface area contributed by atoms with Crippen LogP contribution in [-0.4, -0.2) is 38.0 Å². The molecule has 2 aromatic carbocycles. The van der Waals surface area contributed by atoms with E-state index < -0.39 is 0 Å². The van der Waals surface area contributed by atoms with Crippen molar-refractivity contribution in [3.8, 4) is 11.5 Å². The molecule has 0 saturated carbocycles. The molecule has 0 heterocycles. The van der Waals surface area contributed by atoms with E-state index in [0.717, 1.165) is 29.5 Å². The number of ether oxygens (including phenoxy) is 4. The van der Waals surface area contributed by atoms with Crippen molar-refractivity contribution in [2.45, 2.75) is 46.6 Å². The highest BCUT2D eigenvalue weighted by Crippen LogP contribution is 2.25. The van der Waals surface area contributed by atoms with Crippen LogP contribution in [-0.2, 0) is 9.47 Å². The minimum Gasteiger partial charge on any atom is -0.467 e. The van der Waals surface area contributed by atoms with Crippen LogP contribution in [0.15, 0.2) is 48.5 Å². The second-order valence-corrected chi connectivity index (χ2v) is 8.04. The third kappa shape index (κ3) is 10.7. The van der Waals surface area contributed by atoms with Gasteiger partial charge in [0.1, 0.15) is 11.5 Å². The first-order chi connectivity index (χ1) is 16.0. The van der Waals surface area contributed by atoms with Crippen LogP contribution in [0.25, 0.3) is 18.2 Å². The summed E-state index contributed by atoms with van der Waals surface area (Å²) in [4.78, 5) is 0. The summed E-state index contributed by atoms with van der Waals surface area (Å²) in [6, 6.07) is 14.1. The Labute approximate surface area is 198 Å². The van der Waals surface area contributed by atoms with E-state index in [-0.39, 0.29) is 19.7 Å². The van der Waals surface area contributed by atoms with Crippen LogP contribution in [0.3, 0.4) is 0 Å². The van der Waals surface area contributed by atoms with Crippen LogP contribution in [0.4, 0.5) is 0 Å². The summed E-state index contributed by atoms with van der Waals surface area (Å²) in [6.45, 7) is 9.51. The lowest BCUT2D eigenvalue weighted by molar-refractivity contribution is 0.0182. The van der Waals surface area contributed by atoms with Crippen molar-refractivity contribution in [1.29, 1.82) is 0 Å². The van der Waals surface area contributed by atoms with E-state index in [0.29, 0.717) is 30.6 Å². The Balaban J connectivity index is 2.07. The predicted octanol–water partition coefficient (Wildman–Crippen LogP) is 6.41. The Morgan fingerprint density at radius 3 is 1.94 bits per heavy atom. The lowest BCUT2D eigenvalue weighted by Gasteiger charge is -2.12. The van der Waals surface area contributed by atoms with Crippen LogP contribution in [0, 0.1) is 5.92 Å². The van der Waals surface area contributed by atoms with E-state index in [1.54, 1.807) is 0 Å². The summed E-state index contributed by atoms with van der Waals surface area (Å²) in [5.41, 5.74) is 3.18. The van der Waals surface area contributed by atoms with E-state index in [2.05, 4.69) is 36.4 Å². The summed E-state index contributed by atoms with van der Waals surface area (Å²) < 4.78 is 22.0. The zero-order valence-corrected chi connectivity index (χ0v) is 20.3. The van der Waals surface area contributed by atoms with Gasteiger partial charge >= 0.3 is 0 Å². The van der Waals surface area contributed by atoms with Crippen molar-refractivity contribution in [1.82, 2.24) is 0 Å². The number of aliphatic hydroxyl groups is 1. The van der Waals surface area contributed by atoms with Gasteiger partial charge in [0.05, 0.1) is 6.10 Å². The number of hydrogen-bond donors (Lipinski definition) is 1. The largest absolute Gasteiger partial charge is 0.467 e. The first-order valence-electron chi connectivity index (χ1n) is 11.7. The molecule has 0 amide bonds. The predicted molar refractivity (Wildman–Crippen MR) is 135 cm³/mol. The maximum atomic E-state index is 9.93. The van der Waals surface area contributed by atoms with Crippen LogP contribution in [0.1, 0.15) is 57.2 Å². The van der Waals surface area contributed by atoms with Gasteiger partial charge in [-0.1, -0.05) is 56.4 Å². The van der Waals surface area contributed by atoms with Crippen molar-refractivity contribution < 1.29 is 24.1 Å². The van der Waals surface area contributed by atoms with E-state index in [1.807, 2.05) is 58.0 Å². The number of aliphatic hydroxyl groups excluding tert-OH is 1. The smallest absolute Gasteiger partial charge is 0.189 e. The SMILES string of the molecule is CCOCOc1cc(/C=C/c2cccc(/C=C/CCC(O)C(C)C)c2)cc(OCOCC)c1. The molecule has 2 aromatic rings. The Kier molecular flexibility index (Phi) is 12.3. The molecule has 5 nitrogen and oxygen atoms in total. The molecule has 1 unspecified atom stereocenters. The molecule has 33 heavy (non-hydrogen) atoms. The fourth-order valence-electron chi connectivity index (χ4n) is 3.02. The van der Waals surface area contributed by atoms with Gasteiger partial charge < -0.3 is 24.1 Å². The van der Waals surface area contributed by atoms with Gasteiger partial charge in [0.2, 0.25) is 0 Å². The molecule has 0 saturated heterocycles. The highest BCUT2D eigenvalue weighted by Gasteiger charge is 2.07. The Hall–Kier alpha value is -2.60. The second-order valence-electron chi connectivity index (χ2n) is 8.04. The molecule has 0 aliphatic heterocycles. The van der Waals surface area contributed by atoms with Crippen molar-refractivity contribution in [2.24, 2.45) is 5.92 Å². The van der Waals surface area contributed by atoms with Crippen molar-refractivity contribution >= 4 is 18.2 Å². The monoisotopic (exact) mass is 454 g/mol. The Morgan fingerprint density at radius 2 is 1.36 bits per heavy atom. The quantitative estimate of drug-likeness (QED) is 0.191. The van der Waals surface area contributed by atoms with Gasteiger partial charge in [-0.3, -0.25) is 0 Å². The lowest BCUT2D eigenvalue weighted by atomic mass is 10.0. The summed E-state index contributed by atoms with van der Waals surface area (Å²) in [6.07, 6.45) is 9.71. The third-order valence-electron chi connectivity index (χ3n) is 5.02. The highest BCUT2D eigenvalue weighted by atomic mass is 16.7. The van der Waals surface area contributed by atoms with E-state index in [1.165, 1.54) is 0 Å². The number of benzene rings is 2. The van der Waals surface area contributed by atoms with Gasteiger partial charge in [-0.05, 0) is 67.5 Å². The zero-order valence-electron chi connectivity index (χ0n) is 20.3. The summed E-state index contributed by atoms with van der Waals surface area (Å²) in [7, 11) is 0. The van der Waals surface area contributed by atoms with Crippen LogP contribution >= 0.6 is 0 Å². The molecule has 0 aliphatic rings. The van der Waals surface area contributed by atoms with E-state index in [4.69, 9.17) is 18.9 Å². The standard InChI is InChI=1S/C28H38O5/c1-5-30-20-32-26-17-25(18-27(19-26)33-21-31-6-2)15-14-24-12-9-11-23(16-24)10-7-8-13-28(29)22(3)4/h7,9-12,14-19,22,28-29H,5-6,8,13,20-21H2,1-4H3/b10-7+,15-14+. The zero-order chi connectivity index (χ0) is 23.9. The Bertz CT molecular complexity index is 844. The average molecular weight is 455 g/mol. The summed E-state index contributed by atoms with van der Waals surface area (Å²) >= 11 is 0. The van der Waals surface area contributed by atoms with Gasteiger partial charge in [-0.15, -0.1) is 0 Å². The molecule has 0 radical (unpaired) electrons. The van der Waals surface area contributed by atoms with Crippen molar-refractivity contribution in [3.05, 3.63) is 65.2 Å². The fourth-order valence-corrected chi connectivity index (χ4v) is 3.02. The second kappa shape index (κ2) is 15.3. The molecule has 0 fully saturated rings. The first kappa shape index (κ1) is 26.7. The van der Waals surface area contributed by atoms with Gasteiger partial charge in [0.15, 0.2) is 13.6 Å². The topological polar surface area (TPSA) is 57.2 Å². The van der Waals surface area contributed by atoms with Gasteiger partial charge in [0.25, 0.3) is 0 Å². The normalized spacial score (nSPS) is 12.7. The summed E-state index contributed by atoms with van der Waals surface area (Å²) in [5, 5.41) is 9.93. The highest BCUT2D eigenvalue weighted by molar-refractivity contribution is 5.72. The molecule has 0 aliphatic carbocycles. The molecule has 0 bridgehead atoms. The first-order valence-corrected chi connectivity index (χ1v) is 11.7. The molecular weight excluding hydrogens is 416 g/mol. The fraction of sp³-hybridized carbons (Fsp3) is 0.429. The number of rotatable bonds is 15. The van der Waals surface area contributed by atoms with Gasteiger partial charge in [-0.25, -0.2) is 0 Å². The van der Waals surface area contributed by atoms with E-state index >= 15 is 0 Å². The molecular formula is C28H38O5. The van der Waals surface area contributed by atoms with Gasteiger partial charge in [0, 0.05) is 19.3 Å². The average Bonchev–Trinajstić information content (AvgIpc) is 2.81. The maximum absolute atomic E-state index is 9.93. The van der Waals surface area contributed by atoms with Crippen LogP contribution in [0.2, 0.25) is 0 Å². The van der Waals surface area contributed by atoms with Crippen LogP contribution < -0.4 is 9.47 Å².